The van der Waals surface area contributed by atoms with Gasteiger partial charge in [-0.3, -0.25) is 0 Å². The molecule has 0 aromatic heterocycles. The number of hydrogen-bond donors (Lipinski definition) is 0. The fourth-order valence-electron chi connectivity index (χ4n) is 3.95. The molecule has 0 fully saturated rings. The van der Waals surface area contributed by atoms with Gasteiger partial charge in [0.25, 0.3) is 0 Å². The number of halogens is 2. The van der Waals surface area contributed by atoms with Crippen molar-refractivity contribution in [1.29, 1.82) is 0 Å². The summed E-state index contributed by atoms with van der Waals surface area (Å²) in [4.78, 5) is 24.3. The van der Waals surface area contributed by atoms with Crippen molar-refractivity contribution in [2.45, 2.75) is 31.6 Å². The van der Waals surface area contributed by atoms with Gasteiger partial charge in [0.1, 0.15) is 0 Å². The van der Waals surface area contributed by atoms with E-state index in [1.807, 2.05) is 42.5 Å². The third-order valence-corrected chi connectivity index (χ3v) is 9.42. The predicted octanol–water partition coefficient (Wildman–Crippen LogP) is 4.44. The second-order valence-corrected chi connectivity index (χ2v) is 15.1. The first-order valence-electron chi connectivity index (χ1n) is 13.1. The van der Waals surface area contributed by atoms with Gasteiger partial charge in [-0.05, 0) is 0 Å². The Morgan fingerprint density at radius 1 is 0.773 bits per heavy atom. The Morgan fingerprint density at radius 2 is 1.25 bits per heavy atom. The number of hydrogen-bond acceptors (Lipinski definition) is 8. The molecule has 4 aromatic carbocycles. The van der Waals surface area contributed by atoms with E-state index in [4.69, 9.17) is 14.2 Å². The van der Waals surface area contributed by atoms with Crippen LogP contribution in [0.3, 0.4) is 0 Å². The molecule has 0 unspecified atom stereocenters. The van der Waals surface area contributed by atoms with Crippen molar-refractivity contribution in [3.63, 3.8) is 0 Å². The molecule has 0 radical (unpaired) electrons. The van der Waals surface area contributed by atoms with Crippen molar-refractivity contribution in [3.8, 4) is 33.8 Å². The monoisotopic (exact) mass is 739 g/mol. The zero-order chi connectivity index (χ0) is 32.1. The second kappa shape index (κ2) is 13.4. The number of benzene rings is 4. The molecule has 12 heteroatoms. The van der Waals surface area contributed by atoms with Crippen LogP contribution in [0.4, 0.5) is 8.78 Å². The molecule has 0 saturated carbocycles. The van der Waals surface area contributed by atoms with Gasteiger partial charge in [-0.25, -0.2) is 0 Å². The van der Waals surface area contributed by atoms with Gasteiger partial charge in [0.15, 0.2) is 0 Å². The van der Waals surface area contributed by atoms with Gasteiger partial charge >= 0.3 is 265 Å². The predicted molar refractivity (Wildman–Crippen MR) is 160 cm³/mol. The van der Waals surface area contributed by atoms with Crippen molar-refractivity contribution < 1.29 is 45.6 Å². The Kier molecular flexibility index (Phi) is 10.1. The molecule has 0 aliphatic rings. The number of rotatable bonds is 10. The summed E-state index contributed by atoms with van der Waals surface area (Å²) in [6.45, 7) is 5.03. The van der Waals surface area contributed by atoms with E-state index >= 15 is 0 Å². The molecule has 0 heterocycles. The topological polar surface area (TPSA) is 119 Å². The van der Waals surface area contributed by atoms with Gasteiger partial charge in [-0.2, -0.15) is 0 Å². The first-order valence-corrected chi connectivity index (χ1v) is 16.8. The van der Waals surface area contributed by atoms with Gasteiger partial charge < -0.3 is 0 Å². The fraction of sp³-hybridized carbons (Fsp3) is 0.188. The SMILES string of the molecule is CC(C)(C)OC(=O)COc1ccc([Te]c2ccc(OC(=O)C(F)(F)S(=O)(=O)[O-])c(-c3ccccc3)c2)cc1-c1ccccc1. The molecule has 4 aromatic rings. The minimum absolute atomic E-state index is 0.265. The average molecular weight is 737 g/mol. The molecule has 0 aliphatic carbocycles. The standard InChI is InChI=1S/C32H28F2O8STe/c1-31(2,3)42-29(35)20-40-27-16-14-23(18-25(27)21-10-6-4-7-11-21)44-24-15-17-28(26(19-24)22-12-8-5-9-13-22)41-30(36)32(33,34)43(37,38)39/h4-19H,20H2,1-3H3,(H,37,38,39)/p-1. The van der Waals surface area contributed by atoms with Crippen LogP contribution in [-0.4, -0.2) is 63.3 Å². The molecule has 0 amide bonds. The van der Waals surface area contributed by atoms with Crippen LogP contribution in [0.25, 0.3) is 22.3 Å². The number of esters is 2. The summed E-state index contributed by atoms with van der Waals surface area (Å²) in [6, 6.07) is 28.1. The number of carbonyl (C=O) groups is 2. The summed E-state index contributed by atoms with van der Waals surface area (Å²) in [6.07, 6.45) is 0. The van der Waals surface area contributed by atoms with E-state index in [0.717, 1.165) is 18.3 Å². The maximum atomic E-state index is 13.9. The van der Waals surface area contributed by atoms with Crippen LogP contribution >= 0.6 is 0 Å². The van der Waals surface area contributed by atoms with E-state index in [9.17, 15) is 31.3 Å². The van der Waals surface area contributed by atoms with E-state index in [2.05, 4.69) is 0 Å². The van der Waals surface area contributed by atoms with Gasteiger partial charge in [0, 0.05) is 0 Å². The van der Waals surface area contributed by atoms with Gasteiger partial charge in [-0.15, -0.1) is 0 Å². The third-order valence-electron chi connectivity index (χ3n) is 5.83. The van der Waals surface area contributed by atoms with Crippen LogP contribution in [0.15, 0.2) is 97.1 Å². The van der Waals surface area contributed by atoms with Crippen LogP contribution in [0.1, 0.15) is 20.8 Å². The zero-order valence-corrected chi connectivity index (χ0v) is 26.9. The molecular formula is C32H27F2O8STe-. The first-order chi connectivity index (χ1) is 20.6. The maximum absolute atomic E-state index is 13.9. The van der Waals surface area contributed by atoms with E-state index < -0.39 is 53.8 Å². The van der Waals surface area contributed by atoms with Crippen molar-refractivity contribution in [3.05, 3.63) is 97.1 Å². The van der Waals surface area contributed by atoms with E-state index in [0.29, 0.717) is 11.3 Å². The summed E-state index contributed by atoms with van der Waals surface area (Å²) >= 11 is -1.13. The summed E-state index contributed by atoms with van der Waals surface area (Å²) < 4.78 is 78.4. The third kappa shape index (κ3) is 8.42. The van der Waals surface area contributed by atoms with Crippen molar-refractivity contribution in [1.82, 2.24) is 0 Å². The quantitative estimate of drug-likeness (QED) is 0.102. The molecule has 44 heavy (non-hydrogen) atoms. The van der Waals surface area contributed by atoms with Gasteiger partial charge in [-0.1, -0.05) is 0 Å². The Balaban J connectivity index is 1.66. The van der Waals surface area contributed by atoms with Crippen molar-refractivity contribution in [2.24, 2.45) is 0 Å². The van der Waals surface area contributed by atoms with E-state index in [1.165, 1.54) is 6.07 Å². The number of ether oxygens (including phenoxy) is 3. The van der Waals surface area contributed by atoms with Crippen LogP contribution in [-0.2, 0) is 24.4 Å². The number of carbonyl (C=O) groups excluding carboxylic acids is 2. The summed E-state index contributed by atoms with van der Waals surface area (Å²) in [7, 11) is -6.28. The zero-order valence-electron chi connectivity index (χ0n) is 23.8. The van der Waals surface area contributed by atoms with Gasteiger partial charge in [0.2, 0.25) is 0 Å². The Morgan fingerprint density at radius 3 is 1.73 bits per heavy atom. The molecule has 0 spiro atoms. The fourth-order valence-corrected chi connectivity index (χ4v) is 6.76. The summed E-state index contributed by atoms with van der Waals surface area (Å²) in [5.41, 5.74) is 1.75. The van der Waals surface area contributed by atoms with E-state index in [1.54, 1.807) is 69.3 Å². The Labute approximate surface area is 263 Å². The molecule has 0 bridgehead atoms. The van der Waals surface area contributed by atoms with E-state index in [-0.39, 0.29) is 17.9 Å². The van der Waals surface area contributed by atoms with Crippen molar-refractivity contribution >= 4 is 50.2 Å². The second-order valence-electron chi connectivity index (χ2n) is 10.4. The van der Waals surface area contributed by atoms with Gasteiger partial charge in [0.05, 0.1) is 0 Å². The Hall–Kier alpha value is -3.82. The summed E-state index contributed by atoms with van der Waals surface area (Å²) in [5.74, 6) is -2.83. The first kappa shape index (κ1) is 33.1. The Bertz CT molecular complexity index is 1760. The van der Waals surface area contributed by atoms with Crippen molar-refractivity contribution in [2.75, 3.05) is 6.61 Å². The molecule has 0 aliphatic heterocycles. The molecule has 0 N–H and O–H groups in total. The normalized spacial score (nSPS) is 12.0. The molecular weight excluding hydrogens is 710 g/mol. The molecule has 230 valence electrons. The molecule has 0 saturated heterocycles. The average Bonchev–Trinajstić information content (AvgIpc) is 2.96. The molecule has 0 atom stereocenters. The van der Waals surface area contributed by atoms with Crippen LogP contribution in [0, 0.1) is 0 Å². The van der Waals surface area contributed by atoms with Crippen LogP contribution < -0.4 is 16.7 Å². The molecule has 8 nitrogen and oxygen atoms in total. The number of alkyl halides is 2. The summed E-state index contributed by atoms with van der Waals surface area (Å²) in [5, 5.41) is -5.26. The molecule has 4 rings (SSSR count). The van der Waals surface area contributed by atoms with Crippen LogP contribution in [0.2, 0.25) is 0 Å². The van der Waals surface area contributed by atoms with Crippen LogP contribution in [0.5, 0.6) is 11.5 Å². The minimum atomic E-state index is -6.28.